The molecule has 0 N–H and O–H groups in total. The third-order valence-corrected chi connectivity index (χ3v) is 7.27. The molecule has 3 nitrogen and oxygen atoms in total. The lowest BCUT2D eigenvalue weighted by molar-refractivity contribution is 0.251. The van der Waals surface area contributed by atoms with E-state index in [1.54, 1.807) is 22.5 Å². The third kappa shape index (κ3) is 3.67. The molecule has 3 rings (SSSR count). The highest BCUT2D eigenvalue weighted by Crippen LogP contribution is 2.30. The monoisotopic (exact) mass is 393 g/mol. The molecule has 0 bridgehead atoms. The number of rotatable bonds is 4. The molecule has 0 saturated carbocycles. The molecular weight excluding hydrogens is 374 g/mol. The Morgan fingerprint density at radius 1 is 1.00 bits per heavy atom. The highest BCUT2D eigenvalue weighted by molar-refractivity contribution is 9.10. The van der Waals surface area contributed by atoms with E-state index < -0.39 is 10.0 Å². The summed E-state index contributed by atoms with van der Waals surface area (Å²) in [5.74, 6) is 0. The number of sulfonamides is 1. The van der Waals surface area contributed by atoms with Crippen LogP contribution in [0.25, 0.3) is 0 Å². The highest BCUT2D eigenvalue weighted by atomic mass is 79.9. The first-order valence-corrected chi connectivity index (χ1v) is 10.1. The normalized spacial score (nSPS) is 19.6. The smallest absolute Gasteiger partial charge is 0.207 e. The average Bonchev–Trinajstić information content (AvgIpc) is 2.56. The van der Waals surface area contributed by atoms with Crippen LogP contribution in [0.15, 0.2) is 64.0 Å². The standard InChI is InChI=1S/C18H20BrNO2S/c19-17-11-4-5-12-18(17)23(21,22)20-13-7-6-10-16(20)14-15-8-2-1-3-9-15/h1-5,8-9,11-12,16H,6-7,10,13-14H2/t16-/m1/s1. The Morgan fingerprint density at radius 3 is 2.43 bits per heavy atom. The Hall–Kier alpha value is -1.17. The van der Waals surface area contributed by atoms with Crippen molar-refractivity contribution in [1.29, 1.82) is 0 Å². The average molecular weight is 394 g/mol. The molecule has 0 amide bonds. The predicted octanol–water partition coefficient (Wildman–Crippen LogP) is 4.24. The summed E-state index contributed by atoms with van der Waals surface area (Å²) in [6.07, 6.45) is 3.69. The highest BCUT2D eigenvalue weighted by Gasteiger charge is 2.34. The van der Waals surface area contributed by atoms with Crippen LogP contribution in [0, 0.1) is 0 Å². The molecular formula is C18H20BrNO2S. The lowest BCUT2D eigenvalue weighted by atomic mass is 9.98. The van der Waals surface area contributed by atoms with E-state index in [-0.39, 0.29) is 6.04 Å². The van der Waals surface area contributed by atoms with Crippen molar-refractivity contribution in [1.82, 2.24) is 4.31 Å². The van der Waals surface area contributed by atoms with Crippen LogP contribution in [-0.2, 0) is 16.4 Å². The Bertz CT molecular complexity index is 762. The second-order valence-corrected chi connectivity index (χ2v) is 8.60. The lowest BCUT2D eigenvalue weighted by Gasteiger charge is -2.35. The summed E-state index contributed by atoms with van der Waals surface area (Å²) in [5, 5.41) is 0. The second-order valence-electron chi connectivity index (χ2n) is 5.89. The Morgan fingerprint density at radius 2 is 1.70 bits per heavy atom. The van der Waals surface area contributed by atoms with Gasteiger partial charge in [-0.2, -0.15) is 4.31 Å². The zero-order valence-corrected chi connectivity index (χ0v) is 15.3. The van der Waals surface area contributed by atoms with Gasteiger partial charge in [-0.05, 0) is 52.9 Å². The van der Waals surface area contributed by atoms with Gasteiger partial charge in [0.25, 0.3) is 0 Å². The molecule has 122 valence electrons. The molecule has 2 aromatic rings. The number of halogens is 1. The van der Waals surface area contributed by atoms with Gasteiger partial charge in [-0.1, -0.05) is 48.9 Å². The van der Waals surface area contributed by atoms with Crippen LogP contribution < -0.4 is 0 Å². The van der Waals surface area contributed by atoms with Crippen molar-refractivity contribution in [2.24, 2.45) is 0 Å². The summed E-state index contributed by atoms with van der Waals surface area (Å²) >= 11 is 3.38. The lowest BCUT2D eigenvalue weighted by Crippen LogP contribution is -2.44. The van der Waals surface area contributed by atoms with E-state index in [1.807, 2.05) is 24.3 Å². The Balaban J connectivity index is 1.90. The summed E-state index contributed by atoms with van der Waals surface area (Å²) in [4.78, 5) is 0.361. The quantitative estimate of drug-likeness (QED) is 0.778. The molecule has 2 aromatic carbocycles. The van der Waals surface area contributed by atoms with E-state index >= 15 is 0 Å². The molecule has 0 spiro atoms. The van der Waals surface area contributed by atoms with Crippen LogP contribution in [0.1, 0.15) is 24.8 Å². The van der Waals surface area contributed by atoms with Gasteiger partial charge in [0.05, 0.1) is 4.90 Å². The van der Waals surface area contributed by atoms with Crippen molar-refractivity contribution >= 4 is 26.0 Å². The molecule has 23 heavy (non-hydrogen) atoms. The third-order valence-electron chi connectivity index (χ3n) is 4.31. The summed E-state index contributed by atoms with van der Waals surface area (Å²) < 4.78 is 28.5. The minimum absolute atomic E-state index is 0.0308. The van der Waals surface area contributed by atoms with E-state index in [0.717, 1.165) is 25.7 Å². The van der Waals surface area contributed by atoms with Gasteiger partial charge in [-0.25, -0.2) is 8.42 Å². The van der Waals surface area contributed by atoms with Crippen LogP contribution >= 0.6 is 15.9 Å². The molecule has 1 fully saturated rings. The van der Waals surface area contributed by atoms with E-state index in [1.165, 1.54) is 5.56 Å². The van der Waals surface area contributed by atoms with Gasteiger partial charge >= 0.3 is 0 Å². The van der Waals surface area contributed by atoms with Gasteiger partial charge in [0.15, 0.2) is 0 Å². The van der Waals surface area contributed by atoms with Gasteiger partial charge in [0.2, 0.25) is 10.0 Å². The van der Waals surface area contributed by atoms with Crippen LogP contribution in [-0.4, -0.2) is 25.3 Å². The second kappa shape index (κ2) is 7.16. The fourth-order valence-corrected chi connectivity index (χ4v) is 5.82. The molecule has 1 aliphatic rings. The molecule has 0 unspecified atom stereocenters. The van der Waals surface area contributed by atoms with Gasteiger partial charge in [-0.15, -0.1) is 0 Å². The summed E-state index contributed by atoms with van der Waals surface area (Å²) in [6.45, 7) is 0.598. The van der Waals surface area contributed by atoms with Crippen LogP contribution in [0.2, 0.25) is 0 Å². The number of nitrogens with zero attached hydrogens (tertiary/aromatic N) is 1. The van der Waals surface area contributed by atoms with Gasteiger partial charge in [0, 0.05) is 17.1 Å². The van der Waals surface area contributed by atoms with E-state index in [4.69, 9.17) is 0 Å². The Labute approximate surface area is 146 Å². The molecule has 0 aromatic heterocycles. The van der Waals surface area contributed by atoms with Crippen LogP contribution in [0.3, 0.4) is 0 Å². The van der Waals surface area contributed by atoms with Crippen LogP contribution in [0.5, 0.6) is 0 Å². The van der Waals surface area contributed by atoms with Crippen molar-refractivity contribution in [3.05, 3.63) is 64.6 Å². The van der Waals surface area contributed by atoms with Crippen molar-refractivity contribution < 1.29 is 8.42 Å². The largest absolute Gasteiger partial charge is 0.244 e. The number of benzene rings is 2. The first kappa shape index (κ1) is 16.7. The van der Waals surface area contributed by atoms with Crippen molar-refractivity contribution in [2.75, 3.05) is 6.54 Å². The van der Waals surface area contributed by atoms with Crippen molar-refractivity contribution in [3.8, 4) is 0 Å². The number of hydrogen-bond acceptors (Lipinski definition) is 2. The SMILES string of the molecule is O=S(=O)(c1ccccc1Br)N1CCCC[C@@H]1Cc1ccccc1. The van der Waals surface area contributed by atoms with Crippen molar-refractivity contribution in [2.45, 2.75) is 36.6 Å². The first-order valence-electron chi connectivity index (χ1n) is 7.89. The summed E-state index contributed by atoms with van der Waals surface area (Å²) in [5.41, 5.74) is 1.19. The zero-order valence-electron chi connectivity index (χ0n) is 12.9. The molecule has 1 aliphatic heterocycles. The maximum atomic E-state index is 13.1. The minimum atomic E-state index is -3.48. The van der Waals surface area contributed by atoms with Crippen LogP contribution in [0.4, 0.5) is 0 Å². The molecule has 1 heterocycles. The molecule has 0 radical (unpaired) electrons. The summed E-state index contributed by atoms with van der Waals surface area (Å²) in [7, 11) is -3.48. The van der Waals surface area contributed by atoms with Crippen molar-refractivity contribution in [3.63, 3.8) is 0 Å². The van der Waals surface area contributed by atoms with Gasteiger partial charge < -0.3 is 0 Å². The fraction of sp³-hybridized carbons (Fsp3) is 0.333. The van der Waals surface area contributed by atoms with E-state index in [2.05, 4.69) is 28.1 Å². The molecule has 1 atom stereocenters. The Kier molecular flexibility index (Phi) is 5.19. The van der Waals surface area contributed by atoms with E-state index in [9.17, 15) is 8.42 Å². The first-order chi connectivity index (χ1) is 11.1. The topological polar surface area (TPSA) is 37.4 Å². The fourth-order valence-electron chi connectivity index (χ4n) is 3.16. The van der Waals surface area contributed by atoms with E-state index in [0.29, 0.717) is 15.9 Å². The molecule has 1 saturated heterocycles. The number of hydrogen-bond donors (Lipinski definition) is 0. The summed E-state index contributed by atoms with van der Waals surface area (Å²) in [6, 6.07) is 17.2. The maximum absolute atomic E-state index is 13.1. The molecule has 5 heteroatoms. The minimum Gasteiger partial charge on any atom is -0.207 e. The zero-order chi connectivity index (χ0) is 16.3. The van der Waals surface area contributed by atoms with Gasteiger partial charge in [-0.3, -0.25) is 0 Å². The van der Waals surface area contributed by atoms with Gasteiger partial charge in [0.1, 0.15) is 0 Å². The predicted molar refractivity (Wildman–Crippen MR) is 95.8 cm³/mol. The maximum Gasteiger partial charge on any atom is 0.244 e. The molecule has 0 aliphatic carbocycles. The number of piperidine rings is 1.